The summed E-state index contributed by atoms with van der Waals surface area (Å²) in [4.78, 5) is 11.7. The van der Waals surface area contributed by atoms with Crippen molar-refractivity contribution in [2.75, 3.05) is 0 Å². The lowest BCUT2D eigenvalue weighted by Gasteiger charge is -2.29. The van der Waals surface area contributed by atoms with Crippen molar-refractivity contribution in [3.05, 3.63) is 60.7 Å². The van der Waals surface area contributed by atoms with E-state index >= 15 is 4.39 Å². The van der Waals surface area contributed by atoms with Crippen molar-refractivity contribution in [2.24, 2.45) is 0 Å². The maximum Gasteiger partial charge on any atom is 0.225 e. The summed E-state index contributed by atoms with van der Waals surface area (Å²) in [5, 5.41) is -1.71. The van der Waals surface area contributed by atoms with Crippen LogP contribution in [0, 0.1) is 0 Å². The highest BCUT2D eigenvalue weighted by Gasteiger charge is 2.51. The summed E-state index contributed by atoms with van der Waals surface area (Å²) in [6.07, 6.45) is 0. The van der Waals surface area contributed by atoms with Crippen LogP contribution in [0.4, 0.5) is 4.39 Å². The van der Waals surface area contributed by atoms with Gasteiger partial charge in [-0.2, -0.15) is 0 Å². The molecular formula is C16H16FO2P. The molecule has 4 heteroatoms. The van der Waals surface area contributed by atoms with Gasteiger partial charge in [-0.05, 0) is 13.8 Å². The van der Waals surface area contributed by atoms with E-state index in [0.717, 1.165) is 13.8 Å². The Kier molecular flexibility index (Phi) is 3.92. The lowest BCUT2D eigenvalue weighted by molar-refractivity contribution is -0.122. The van der Waals surface area contributed by atoms with Crippen LogP contribution < -0.4 is 10.6 Å². The predicted octanol–water partition coefficient (Wildman–Crippen LogP) is 3.28. The molecule has 0 aliphatic rings. The Labute approximate surface area is 118 Å². The summed E-state index contributed by atoms with van der Waals surface area (Å²) in [6, 6.07) is 16.7. The molecule has 0 saturated carbocycles. The number of Topliss-reactive ketones (excluding diaryl/α,β-unsaturated/α-hetero) is 1. The van der Waals surface area contributed by atoms with Gasteiger partial charge in [0, 0.05) is 10.6 Å². The molecular weight excluding hydrogens is 274 g/mol. The van der Waals surface area contributed by atoms with Crippen LogP contribution in [0.3, 0.4) is 0 Å². The Morgan fingerprint density at radius 1 is 0.950 bits per heavy atom. The maximum absolute atomic E-state index is 15.0. The second-order valence-electron chi connectivity index (χ2n) is 4.79. The zero-order valence-electron chi connectivity index (χ0n) is 11.4. The first-order valence-corrected chi connectivity index (χ1v) is 8.02. The molecule has 0 N–H and O–H groups in total. The van der Waals surface area contributed by atoms with Crippen molar-refractivity contribution < 1.29 is 13.8 Å². The fourth-order valence-electron chi connectivity index (χ4n) is 2.13. The summed E-state index contributed by atoms with van der Waals surface area (Å²) in [5.74, 6) is -0.728. The van der Waals surface area contributed by atoms with Gasteiger partial charge < -0.3 is 4.57 Å². The van der Waals surface area contributed by atoms with Crippen molar-refractivity contribution in [3.63, 3.8) is 0 Å². The molecule has 104 valence electrons. The van der Waals surface area contributed by atoms with Crippen molar-refractivity contribution >= 4 is 23.5 Å². The van der Waals surface area contributed by atoms with Gasteiger partial charge in [-0.25, -0.2) is 4.39 Å². The SMILES string of the molecule is CC(=O)C(C)(F)P(=O)(c1ccccc1)c1ccccc1. The van der Waals surface area contributed by atoms with Crippen LogP contribution in [0.15, 0.2) is 60.7 Å². The van der Waals surface area contributed by atoms with Crippen LogP contribution in [0.2, 0.25) is 0 Å². The van der Waals surface area contributed by atoms with Gasteiger partial charge in [-0.15, -0.1) is 0 Å². The molecule has 2 aromatic rings. The highest BCUT2D eigenvalue weighted by molar-refractivity contribution is 7.80. The van der Waals surface area contributed by atoms with E-state index in [1.54, 1.807) is 60.7 Å². The van der Waals surface area contributed by atoms with Crippen molar-refractivity contribution in [2.45, 2.75) is 19.3 Å². The molecule has 0 amide bonds. The molecule has 0 spiro atoms. The molecule has 0 saturated heterocycles. The third-order valence-corrected chi connectivity index (χ3v) is 7.02. The summed E-state index contributed by atoms with van der Waals surface area (Å²) in [7, 11) is -3.70. The fourth-order valence-corrected chi connectivity index (χ4v) is 5.03. The monoisotopic (exact) mass is 290 g/mol. The van der Waals surface area contributed by atoms with Gasteiger partial charge in [0.1, 0.15) is 0 Å². The Hall–Kier alpha value is -1.73. The van der Waals surface area contributed by atoms with Crippen LogP contribution in [0.5, 0.6) is 0 Å². The number of ketones is 1. The lowest BCUT2D eigenvalue weighted by Crippen LogP contribution is -2.37. The minimum Gasteiger partial charge on any atom is -0.310 e. The van der Waals surface area contributed by atoms with Gasteiger partial charge in [0.25, 0.3) is 0 Å². The second-order valence-corrected chi connectivity index (χ2v) is 7.88. The van der Waals surface area contributed by atoms with Crippen LogP contribution in [-0.2, 0) is 9.36 Å². The number of rotatable bonds is 4. The topological polar surface area (TPSA) is 34.1 Å². The number of hydrogen-bond acceptors (Lipinski definition) is 2. The highest BCUT2D eigenvalue weighted by Crippen LogP contribution is 2.57. The van der Waals surface area contributed by atoms with Gasteiger partial charge in [0.05, 0.1) is 0 Å². The number of carbonyl (C=O) groups is 1. The zero-order chi connectivity index (χ0) is 14.8. The lowest BCUT2D eigenvalue weighted by atomic mass is 10.3. The van der Waals surface area contributed by atoms with Gasteiger partial charge in [0.15, 0.2) is 12.9 Å². The number of halogens is 1. The summed E-state index contributed by atoms with van der Waals surface area (Å²) >= 11 is 0. The van der Waals surface area contributed by atoms with Crippen LogP contribution in [0.1, 0.15) is 13.8 Å². The molecule has 1 unspecified atom stereocenters. The number of hydrogen-bond donors (Lipinski definition) is 0. The van der Waals surface area contributed by atoms with E-state index in [1.807, 2.05) is 0 Å². The number of benzene rings is 2. The van der Waals surface area contributed by atoms with Gasteiger partial charge in [-0.1, -0.05) is 60.7 Å². The van der Waals surface area contributed by atoms with E-state index < -0.39 is 18.3 Å². The minimum absolute atomic E-state index is 0.353. The van der Waals surface area contributed by atoms with Crippen LogP contribution >= 0.6 is 7.14 Å². The molecule has 20 heavy (non-hydrogen) atoms. The van der Waals surface area contributed by atoms with E-state index in [4.69, 9.17) is 0 Å². The molecule has 1 atom stereocenters. The quantitative estimate of drug-likeness (QED) is 0.810. The molecule has 0 heterocycles. The number of carbonyl (C=O) groups excluding carboxylic acids is 1. The van der Waals surface area contributed by atoms with Crippen LogP contribution in [-0.4, -0.2) is 11.2 Å². The van der Waals surface area contributed by atoms with E-state index in [1.165, 1.54) is 0 Å². The molecule has 2 nitrogen and oxygen atoms in total. The predicted molar refractivity (Wildman–Crippen MR) is 80.0 cm³/mol. The molecule has 0 aliphatic heterocycles. The average molecular weight is 290 g/mol. The zero-order valence-corrected chi connectivity index (χ0v) is 12.3. The Morgan fingerprint density at radius 2 is 1.30 bits per heavy atom. The molecule has 0 bridgehead atoms. The van der Waals surface area contributed by atoms with Gasteiger partial charge >= 0.3 is 0 Å². The first-order chi connectivity index (χ1) is 9.40. The molecule has 0 aromatic heterocycles. The molecule has 0 fully saturated rings. The smallest absolute Gasteiger partial charge is 0.225 e. The van der Waals surface area contributed by atoms with Gasteiger partial charge in [-0.3, -0.25) is 4.79 Å². The maximum atomic E-state index is 15.0. The Morgan fingerprint density at radius 3 is 1.60 bits per heavy atom. The normalized spacial score (nSPS) is 14.6. The van der Waals surface area contributed by atoms with Crippen molar-refractivity contribution in [1.82, 2.24) is 0 Å². The van der Waals surface area contributed by atoms with Crippen LogP contribution in [0.25, 0.3) is 0 Å². The molecule has 2 rings (SSSR count). The molecule has 2 aromatic carbocycles. The van der Waals surface area contributed by atoms with Gasteiger partial charge in [0.2, 0.25) is 5.41 Å². The molecule has 0 aliphatic carbocycles. The fraction of sp³-hybridized carbons (Fsp3) is 0.188. The third-order valence-electron chi connectivity index (χ3n) is 3.47. The standard InChI is InChI=1S/C16H16FO2P/c1-13(18)16(2,17)20(19,14-9-5-3-6-10-14)15-11-7-4-8-12-15/h3-12H,1-2H3. The minimum atomic E-state index is -3.70. The largest absolute Gasteiger partial charge is 0.310 e. The Balaban J connectivity index is 2.75. The van der Waals surface area contributed by atoms with E-state index in [-0.39, 0.29) is 0 Å². The Bertz CT molecular complexity index is 607. The van der Waals surface area contributed by atoms with E-state index in [9.17, 15) is 9.36 Å². The first kappa shape index (κ1) is 14.7. The summed E-state index contributed by atoms with van der Waals surface area (Å²) in [5.41, 5.74) is 0. The third kappa shape index (κ3) is 2.23. The highest BCUT2D eigenvalue weighted by atomic mass is 31.2. The van der Waals surface area contributed by atoms with E-state index in [0.29, 0.717) is 10.6 Å². The van der Waals surface area contributed by atoms with Crippen molar-refractivity contribution in [3.8, 4) is 0 Å². The summed E-state index contributed by atoms with van der Waals surface area (Å²) in [6.45, 7) is 2.24. The second kappa shape index (κ2) is 5.34. The van der Waals surface area contributed by atoms with E-state index in [2.05, 4.69) is 0 Å². The number of alkyl halides is 1. The first-order valence-electron chi connectivity index (χ1n) is 6.32. The molecule has 0 radical (unpaired) electrons. The summed E-state index contributed by atoms with van der Waals surface area (Å²) < 4.78 is 28.5. The average Bonchev–Trinajstić information content (AvgIpc) is 2.48. The van der Waals surface area contributed by atoms with Crippen molar-refractivity contribution in [1.29, 1.82) is 0 Å².